The molecule has 1 spiro atoms. The highest BCUT2D eigenvalue weighted by molar-refractivity contribution is 6.10. The summed E-state index contributed by atoms with van der Waals surface area (Å²) in [6, 6.07) is 7.03. The molecule has 9 nitrogen and oxygen atoms in total. The van der Waals surface area contributed by atoms with E-state index in [0.717, 1.165) is 29.7 Å². The number of nitrogens with zero attached hydrogens (tertiary/aromatic N) is 5. The Morgan fingerprint density at radius 2 is 1.70 bits per heavy atom. The van der Waals surface area contributed by atoms with Crippen LogP contribution in [-0.2, 0) is 9.59 Å². The number of aromatic nitrogens is 2. The quantitative estimate of drug-likeness (QED) is 0.759. The molecule has 1 aromatic carbocycles. The first-order chi connectivity index (χ1) is 14.5. The fourth-order valence-corrected chi connectivity index (χ4v) is 4.66. The monoisotopic (exact) mass is 408 g/mol. The first kappa shape index (κ1) is 18.8. The van der Waals surface area contributed by atoms with Gasteiger partial charge in [0.15, 0.2) is 11.6 Å². The van der Waals surface area contributed by atoms with Crippen LogP contribution < -0.4 is 15.1 Å². The molecule has 1 N–H and O–H groups in total. The van der Waals surface area contributed by atoms with Crippen LogP contribution in [-0.4, -0.2) is 64.9 Å². The second kappa shape index (κ2) is 6.93. The van der Waals surface area contributed by atoms with Crippen molar-refractivity contribution in [2.24, 2.45) is 0 Å². The van der Waals surface area contributed by atoms with Gasteiger partial charge in [-0.3, -0.25) is 19.4 Å². The van der Waals surface area contributed by atoms with Crippen LogP contribution in [0.1, 0.15) is 32.1 Å². The van der Waals surface area contributed by atoms with Crippen molar-refractivity contribution in [3.05, 3.63) is 24.3 Å². The molecule has 3 aliphatic rings. The molecule has 2 fully saturated rings. The van der Waals surface area contributed by atoms with Gasteiger partial charge in [-0.2, -0.15) is 0 Å². The number of anilines is 2. The Balaban J connectivity index is 1.42. The lowest BCUT2D eigenvalue weighted by atomic mass is 9.82. The van der Waals surface area contributed by atoms with Crippen molar-refractivity contribution in [3.63, 3.8) is 0 Å². The predicted octanol–water partition coefficient (Wildman–Crippen LogP) is 1.67. The summed E-state index contributed by atoms with van der Waals surface area (Å²) in [6.45, 7) is 0.726. The Bertz CT molecular complexity index is 1050. The van der Waals surface area contributed by atoms with Gasteiger partial charge in [-0.1, -0.05) is 31.4 Å². The van der Waals surface area contributed by atoms with Crippen molar-refractivity contribution in [2.45, 2.75) is 37.6 Å². The molecule has 5 rings (SSSR count). The smallest absolute Gasteiger partial charge is 0.325 e. The molecule has 1 saturated carbocycles. The predicted molar refractivity (Wildman–Crippen MR) is 111 cm³/mol. The SMILES string of the molecule is CN1CCN(C(=O)CN2C(=O)NC3(CCCCC3)C2=O)c2nc3ccccc3nc21. The van der Waals surface area contributed by atoms with E-state index in [9.17, 15) is 14.4 Å². The fourth-order valence-electron chi connectivity index (χ4n) is 4.66. The van der Waals surface area contributed by atoms with Gasteiger partial charge in [-0.15, -0.1) is 0 Å². The van der Waals surface area contributed by atoms with Crippen molar-refractivity contribution >= 4 is 40.5 Å². The minimum absolute atomic E-state index is 0.278. The van der Waals surface area contributed by atoms with E-state index in [-0.39, 0.29) is 18.4 Å². The maximum absolute atomic E-state index is 13.2. The van der Waals surface area contributed by atoms with Crippen LogP contribution in [0.25, 0.3) is 11.0 Å². The van der Waals surface area contributed by atoms with E-state index >= 15 is 0 Å². The number of likely N-dealkylation sites (N-methyl/N-ethyl adjacent to an activating group) is 1. The van der Waals surface area contributed by atoms with Crippen molar-refractivity contribution in [3.8, 4) is 0 Å². The molecule has 0 unspecified atom stereocenters. The van der Waals surface area contributed by atoms with E-state index < -0.39 is 11.6 Å². The minimum atomic E-state index is -0.828. The molecule has 1 aromatic heterocycles. The largest absolute Gasteiger partial charge is 0.355 e. The number of hydrogen-bond acceptors (Lipinski definition) is 6. The zero-order valence-corrected chi connectivity index (χ0v) is 16.9. The summed E-state index contributed by atoms with van der Waals surface area (Å²) in [6.07, 6.45) is 4.15. The van der Waals surface area contributed by atoms with Gasteiger partial charge >= 0.3 is 6.03 Å². The summed E-state index contributed by atoms with van der Waals surface area (Å²) in [5.41, 5.74) is 0.622. The van der Waals surface area contributed by atoms with Crippen molar-refractivity contribution < 1.29 is 14.4 Å². The summed E-state index contributed by atoms with van der Waals surface area (Å²) in [7, 11) is 1.91. The zero-order valence-electron chi connectivity index (χ0n) is 16.9. The Morgan fingerprint density at radius 3 is 2.40 bits per heavy atom. The normalized spacial score (nSPS) is 20.6. The van der Waals surface area contributed by atoms with Crippen LogP contribution >= 0.6 is 0 Å². The maximum Gasteiger partial charge on any atom is 0.325 e. The van der Waals surface area contributed by atoms with Crippen LogP contribution in [0.15, 0.2) is 24.3 Å². The highest BCUT2D eigenvalue weighted by atomic mass is 16.2. The lowest BCUT2D eigenvalue weighted by Gasteiger charge is -2.34. The third-order valence-corrected chi connectivity index (χ3v) is 6.36. The molecular weight excluding hydrogens is 384 g/mol. The number of hydrogen-bond donors (Lipinski definition) is 1. The highest BCUT2D eigenvalue weighted by Gasteiger charge is 2.52. The molecule has 0 radical (unpaired) electrons. The summed E-state index contributed by atoms with van der Waals surface area (Å²) in [5, 5.41) is 2.86. The first-order valence-electron chi connectivity index (χ1n) is 10.4. The van der Waals surface area contributed by atoms with E-state index in [2.05, 4.69) is 15.3 Å². The first-order valence-corrected chi connectivity index (χ1v) is 10.4. The van der Waals surface area contributed by atoms with E-state index in [1.807, 2.05) is 36.2 Å². The van der Waals surface area contributed by atoms with Gasteiger partial charge in [0.25, 0.3) is 5.91 Å². The third kappa shape index (κ3) is 2.88. The van der Waals surface area contributed by atoms with Crippen molar-refractivity contribution in [1.29, 1.82) is 0 Å². The number of benzene rings is 1. The number of carbonyl (C=O) groups excluding carboxylic acids is 3. The molecule has 4 amide bonds. The topological polar surface area (TPSA) is 98.7 Å². The Hall–Kier alpha value is -3.23. The molecule has 9 heteroatoms. The van der Waals surface area contributed by atoms with Gasteiger partial charge in [0, 0.05) is 20.1 Å². The molecule has 2 aliphatic heterocycles. The number of amides is 4. The van der Waals surface area contributed by atoms with E-state index in [4.69, 9.17) is 0 Å². The van der Waals surface area contributed by atoms with Crippen LogP contribution in [0.3, 0.4) is 0 Å². The summed E-state index contributed by atoms with van der Waals surface area (Å²) < 4.78 is 0. The van der Waals surface area contributed by atoms with Crippen LogP contribution in [0.4, 0.5) is 16.4 Å². The van der Waals surface area contributed by atoms with E-state index in [1.165, 1.54) is 0 Å². The second-order valence-electron chi connectivity index (χ2n) is 8.29. The van der Waals surface area contributed by atoms with Crippen molar-refractivity contribution in [1.82, 2.24) is 20.2 Å². The third-order valence-electron chi connectivity index (χ3n) is 6.36. The van der Waals surface area contributed by atoms with Crippen molar-refractivity contribution in [2.75, 3.05) is 36.5 Å². The zero-order chi connectivity index (χ0) is 20.9. The second-order valence-corrected chi connectivity index (χ2v) is 8.29. The molecule has 1 aliphatic carbocycles. The number of urea groups is 1. The average Bonchev–Trinajstić information content (AvgIpc) is 2.97. The van der Waals surface area contributed by atoms with Crippen LogP contribution in [0, 0.1) is 0 Å². The van der Waals surface area contributed by atoms with Gasteiger partial charge < -0.3 is 10.2 Å². The van der Waals surface area contributed by atoms with E-state index in [0.29, 0.717) is 43.1 Å². The van der Waals surface area contributed by atoms with Crippen LogP contribution in [0.2, 0.25) is 0 Å². The Labute approximate surface area is 174 Å². The van der Waals surface area contributed by atoms with E-state index in [1.54, 1.807) is 4.90 Å². The number of para-hydroxylation sites is 2. The average molecular weight is 408 g/mol. The molecule has 30 heavy (non-hydrogen) atoms. The number of carbonyl (C=O) groups is 3. The standard InChI is InChI=1S/C21H24N6O3/c1-25-11-12-26(18-17(25)22-14-7-3-4-8-15(14)23-18)16(28)13-27-19(29)21(24-20(27)30)9-5-2-6-10-21/h3-4,7-8H,2,5-6,9-13H2,1H3,(H,24,30). The molecule has 0 bridgehead atoms. The molecular formula is C21H24N6O3. The molecule has 2 aromatic rings. The summed E-state index contributed by atoms with van der Waals surface area (Å²) in [4.78, 5) is 52.6. The minimum Gasteiger partial charge on any atom is -0.355 e. The number of rotatable bonds is 2. The number of fused-ring (bicyclic) bond motifs is 2. The molecule has 1 saturated heterocycles. The number of imide groups is 1. The highest BCUT2D eigenvalue weighted by Crippen LogP contribution is 2.34. The molecule has 156 valence electrons. The van der Waals surface area contributed by atoms with Crippen LogP contribution in [0.5, 0.6) is 0 Å². The maximum atomic E-state index is 13.2. The summed E-state index contributed by atoms with van der Waals surface area (Å²) >= 11 is 0. The van der Waals surface area contributed by atoms with Gasteiger partial charge in [0.1, 0.15) is 12.1 Å². The number of nitrogens with one attached hydrogen (secondary N) is 1. The Kier molecular flexibility index (Phi) is 4.34. The summed E-state index contributed by atoms with van der Waals surface area (Å²) in [5.74, 6) is 0.478. The lowest BCUT2D eigenvalue weighted by Crippen LogP contribution is -2.50. The Morgan fingerprint density at radius 1 is 1.03 bits per heavy atom. The van der Waals surface area contributed by atoms with Gasteiger partial charge in [0.2, 0.25) is 5.91 Å². The fraction of sp³-hybridized carbons (Fsp3) is 0.476. The lowest BCUT2D eigenvalue weighted by molar-refractivity contribution is -0.135. The molecule has 0 atom stereocenters. The van der Waals surface area contributed by atoms with Gasteiger partial charge in [-0.05, 0) is 25.0 Å². The molecule has 3 heterocycles. The van der Waals surface area contributed by atoms with Gasteiger partial charge in [0.05, 0.1) is 11.0 Å². The van der Waals surface area contributed by atoms with Gasteiger partial charge in [-0.25, -0.2) is 14.8 Å².